The summed E-state index contributed by atoms with van der Waals surface area (Å²) in [4.78, 5) is 17.4. The number of pyridine rings is 1. The van der Waals surface area contributed by atoms with E-state index in [9.17, 15) is 4.79 Å². The van der Waals surface area contributed by atoms with Gasteiger partial charge in [0, 0.05) is 31.4 Å². The van der Waals surface area contributed by atoms with Gasteiger partial charge in [-0.2, -0.15) is 0 Å². The minimum Gasteiger partial charge on any atom is -0.497 e. The van der Waals surface area contributed by atoms with Crippen LogP contribution in [0.2, 0.25) is 0 Å². The van der Waals surface area contributed by atoms with Gasteiger partial charge in [-0.05, 0) is 61.1 Å². The number of benzene rings is 1. The van der Waals surface area contributed by atoms with Crippen molar-refractivity contribution in [2.24, 2.45) is 5.92 Å². The van der Waals surface area contributed by atoms with Crippen LogP contribution in [0.3, 0.4) is 0 Å². The van der Waals surface area contributed by atoms with Crippen molar-refractivity contribution in [1.82, 2.24) is 9.88 Å². The van der Waals surface area contributed by atoms with Gasteiger partial charge in [0.1, 0.15) is 5.75 Å². The molecule has 1 aromatic carbocycles. The molecule has 28 heavy (non-hydrogen) atoms. The first-order valence-electron chi connectivity index (χ1n) is 9.81. The molecule has 2 aromatic rings. The van der Waals surface area contributed by atoms with E-state index >= 15 is 0 Å². The number of hydrogen-bond acceptors (Lipinski definition) is 4. The summed E-state index contributed by atoms with van der Waals surface area (Å²) in [5, 5.41) is 8.78. The third kappa shape index (κ3) is 5.42. The number of aromatic nitrogens is 1. The van der Waals surface area contributed by atoms with Gasteiger partial charge in [0.2, 0.25) is 0 Å². The zero-order chi connectivity index (χ0) is 19.8. The van der Waals surface area contributed by atoms with Crippen molar-refractivity contribution in [3.05, 3.63) is 72.1 Å². The number of carboxylic acids is 1. The van der Waals surface area contributed by atoms with Gasteiger partial charge in [0.05, 0.1) is 7.11 Å². The zero-order valence-electron chi connectivity index (χ0n) is 16.3. The summed E-state index contributed by atoms with van der Waals surface area (Å²) in [7, 11) is 1.70. The molecule has 0 radical (unpaired) electrons. The Labute approximate surface area is 166 Å². The van der Waals surface area contributed by atoms with Crippen molar-refractivity contribution in [3.63, 3.8) is 0 Å². The second-order valence-electron chi connectivity index (χ2n) is 7.24. The second-order valence-corrected chi connectivity index (χ2v) is 7.24. The Morgan fingerprint density at radius 1 is 1.32 bits per heavy atom. The number of methoxy groups -OCH3 is 1. The first-order chi connectivity index (χ1) is 13.7. The monoisotopic (exact) mass is 380 g/mol. The zero-order valence-corrected chi connectivity index (χ0v) is 16.3. The van der Waals surface area contributed by atoms with Crippen LogP contribution in [0.15, 0.2) is 60.9 Å². The number of carbonyl (C=O) groups is 1. The Hall–Kier alpha value is -2.66. The van der Waals surface area contributed by atoms with E-state index in [2.05, 4.69) is 40.2 Å². The van der Waals surface area contributed by atoms with E-state index in [1.165, 1.54) is 11.1 Å². The fourth-order valence-electron chi connectivity index (χ4n) is 3.98. The molecule has 0 saturated carbocycles. The molecule has 2 atom stereocenters. The van der Waals surface area contributed by atoms with Gasteiger partial charge in [-0.1, -0.05) is 30.4 Å². The number of rotatable bonds is 9. The first kappa shape index (κ1) is 20.1. The van der Waals surface area contributed by atoms with Crippen LogP contribution in [0.1, 0.15) is 42.9 Å². The van der Waals surface area contributed by atoms with Gasteiger partial charge < -0.3 is 9.84 Å². The third-order valence-corrected chi connectivity index (χ3v) is 5.30. The molecule has 1 aromatic heterocycles. The maximum Gasteiger partial charge on any atom is 0.303 e. The van der Waals surface area contributed by atoms with Crippen molar-refractivity contribution in [2.75, 3.05) is 13.7 Å². The predicted molar refractivity (Wildman–Crippen MR) is 109 cm³/mol. The molecule has 1 aliphatic rings. The highest BCUT2D eigenvalue weighted by Crippen LogP contribution is 2.41. The molecule has 1 fully saturated rings. The average Bonchev–Trinajstić information content (AvgIpc) is 3.10. The predicted octanol–water partition coefficient (Wildman–Crippen LogP) is 4.46. The Bertz CT molecular complexity index is 791. The second kappa shape index (κ2) is 10.0. The smallest absolute Gasteiger partial charge is 0.303 e. The fourth-order valence-corrected chi connectivity index (χ4v) is 3.98. The van der Waals surface area contributed by atoms with Crippen LogP contribution >= 0.6 is 0 Å². The standard InChI is InChI=1S/C23H28N2O3/c1-28-21-10-5-9-20(15-21)23-19(8-3-2-4-11-22(26)27)12-14-25(23)17-18-7-6-13-24-16-18/h2-3,5-7,9-10,13,15-16,19,23H,4,8,11-12,14,17H2,1H3,(H,26,27)/b3-2-. The fraction of sp³-hybridized carbons (Fsp3) is 0.391. The van der Waals surface area contributed by atoms with Gasteiger partial charge in [0.15, 0.2) is 0 Å². The molecule has 5 nitrogen and oxygen atoms in total. The van der Waals surface area contributed by atoms with Gasteiger partial charge >= 0.3 is 5.97 Å². The van der Waals surface area contributed by atoms with E-state index in [4.69, 9.17) is 9.84 Å². The highest BCUT2D eigenvalue weighted by Gasteiger charge is 2.34. The van der Waals surface area contributed by atoms with E-state index in [1.807, 2.05) is 24.4 Å². The summed E-state index contributed by atoms with van der Waals surface area (Å²) in [6.45, 7) is 1.90. The molecule has 1 aliphatic heterocycles. The van der Waals surface area contributed by atoms with Gasteiger partial charge in [-0.25, -0.2) is 0 Å². The van der Waals surface area contributed by atoms with Crippen LogP contribution in [0.4, 0.5) is 0 Å². The lowest BCUT2D eigenvalue weighted by Gasteiger charge is -2.28. The molecule has 1 N–H and O–H groups in total. The van der Waals surface area contributed by atoms with Crippen molar-refractivity contribution in [1.29, 1.82) is 0 Å². The summed E-state index contributed by atoms with van der Waals surface area (Å²) in [6, 6.07) is 12.7. The molecule has 0 aliphatic carbocycles. The van der Waals surface area contributed by atoms with E-state index in [0.29, 0.717) is 18.4 Å². The summed E-state index contributed by atoms with van der Waals surface area (Å²) >= 11 is 0. The number of hydrogen-bond donors (Lipinski definition) is 1. The van der Waals surface area contributed by atoms with E-state index in [-0.39, 0.29) is 6.42 Å². The maximum atomic E-state index is 10.7. The molecule has 0 amide bonds. The molecular formula is C23H28N2O3. The summed E-state index contributed by atoms with van der Waals surface area (Å²) in [6.07, 6.45) is 10.7. The molecule has 0 bridgehead atoms. The Morgan fingerprint density at radius 2 is 2.21 bits per heavy atom. The van der Waals surface area contributed by atoms with Crippen LogP contribution in [0.25, 0.3) is 0 Å². The van der Waals surface area contributed by atoms with E-state index in [0.717, 1.165) is 31.7 Å². The minimum absolute atomic E-state index is 0.188. The number of ether oxygens (including phenoxy) is 1. The Balaban J connectivity index is 1.75. The molecular weight excluding hydrogens is 352 g/mol. The average molecular weight is 380 g/mol. The normalized spacial score (nSPS) is 19.9. The summed E-state index contributed by atoms with van der Waals surface area (Å²) in [5.74, 6) is 0.619. The number of likely N-dealkylation sites (tertiary alicyclic amines) is 1. The molecule has 2 unspecified atom stereocenters. The lowest BCUT2D eigenvalue weighted by atomic mass is 9.90. The molecule has 3 rings (SSSR count). The SMILES string of the molecule is COc1cccc(C2C(C/C=C\CCC(=O)O)CCN2Cc2cccnc2)c1. The first-order valence-corrected chi connectivity index (χ1v) is 9.81. The summed E-state index contributed by atoms with van der Waals surface area (Å²) in [5.41, 5.74) is 2.48. The van der Waals surface area contributed by atoms with Crippen LogP contribution in [0.5, 0.6) is 5.75 Å². The highest BCUT2D eigenvalue weighted by molar-refractivity contribution is 5.66. The lowest BCUT2D eigenvalue weighted by Crippen LogP contribution is -2.25. The van der Waals surface area contributed by atoms with Crippen LogP contribution < -0.4 is 4.74 Å². The Kier molecular flexibility index (Phi) is 7.20. The van der Waals surface area contributed by atoms with Crippen molar-refractivity contribution in [3.8, 4) is 5.75 Å². The van der Waals surface area contributed by atoms with Gasteiger partial charge in [0.25, 0.3) is 0 Å². The molecule has 148 valence electrons. The quantitative estimate of drug-likeness (QED) is 0.651. The van der Waals surface area contributed by atoms with Crippen molar-refractivity contribution < 1.29 is 14.6 Å². The highest BCUT2D eigenvalue weighted by atomic mass is 16.5. The topological polar surface area (TPSA) is 62.7 Å². The lowest BCUT2D eigenvalue weighted by molar-refractivity contribution is -0.136. The van der Waals surface area contributed by atoms with E-state index < -0.39 is 5.97 Å². The molecule has 1 saturated heterocycles. The van der Waals surface area contributed by atoms with E-state index in [1.54, 1.807) is 13.3 Å². The van der Waals surface area contributed by atoms with Crippen molar-refractivity contribution >= 4 is 5.97 Å². The number of allylic oxidation sites excluding steroid dienone is 2. The number of nitrogens with zero attached hydrogens (tertiary/aromatic N) is 2. The van der Waals surface area contributed by atoms with Gasteiger partial charge in [-0.3, -0.25) is 14.7 Å². The van der Waals surface area contributed by atoms with Crippen molar-refractivity contribution in [2.45, 2.75) is 38.3 Å². The Morgan fingerprint density at radius 3 is 2.96 bits per heavy atom. The number of carboxylic acid groups (broad SMARTS) is 1. The largest absolute Gasteiger partial charge is 0.497 e. The maximum absolute atomic E-state index is 10.7. The molecule has 5 heteroatoms. The third-order valence-electron chi connectivity index (χ3n) is 5.30. The van der Waals surface area contributed by atoms with Crippen LogP contribution in [-0.4, -0.2) is 34.6 Å². The van der Waals surface area contributed by atoms with Crippen LogP contribution in [-0.2, 0) is 11.3 Å². The minimum atomic E-state index is -0.748. The van der Waals surface area contributed by atoms with Gasteiger partial charge in [-0.15, -0.1) is 0 Å². The molecule has 0 spiro atoms. The molecule has 2 heterocycles. The summed E-state index contributed by atoms with van der Waals surface area (Å²) < 4.78 is 5.44. The van der Waals surface area contributed by atoms with Crippen LogP contribution in [0, 0.1) is 5.92 Å². The number of aliphatic carboxylic acids is 1.